The lowest BCUT2D eigenvalue weighted by Crippen LogP contribution is -2.31. The predicted molar refractivity (Wildman–Crippen MR) is 83.0 cm³/mol. The quantitative estimate of drug-likeness (QED) is 0.785. The van der Waals surface area contributed by atoms with E-state index in [1.807, 2.05) is 0 Å². The highest BCUT2D eigenvalue weighted by molar-refractivity contribution is 5.48. The van der Waals surface area contributed by atoms with Gasteiger partial charge in [-0.15, -0.1) is 0 Å². The smallest absolute Gasteiger partial charge is 0.124 e. The number of rotatable bonds is 6. The molecular weight excluding hydrogens is 234 g/mol. The third-order valence-electron chi connectivity index (χ3n) is 3.86. The molecule has 0 bridgehead atoms. The van der Waals surface area contributed by atoms with Gasteiger partial charge in [0.25, 0.3) is 0 Å². The summed E-state index contributed by atoms with van der Waals surface area (Å²) in [6.07, 6.45) is 4.60. The molecule has 0 fully saturated rings. The highest BCUT2D eigenvalue weighted by Crippen LogP contribution is 2.29. The summed E-state index contributed by atoms with van der Waals surface area (Å²) in [6.45, 7) is 10.7. The fourth-order valence-electron chi connectivity index (χ4n) is 2.61. The van der Waals surface area contributed by atoms with Gasteiger partial charge in [-0.05, 0) is 76.1 Å². The average Bonchev–Trinajstić information content (AvgIpc) is 2.30. The van der Waals surface area contributed by atoms with Gasteiger partial charge in [0.15, 0.2) is 0 Å². The second kappa shape index (κ2) is 6.42. The van der Waals surface area contributed by atoms with Crippen molar-refractivity contribution in [2.24, 2.45) is 5.73 Å². The number of benzene rings is 1. The molecule has 108 valence electrons. The van der Waals surface area contributed by atoms with Crippen LogP contribution in [0.4, 0.5) is 0 Å². The van der Waals surface area contributed by atoms with Gasteiger partial charge in [0.1, 0.15) is 5.75 Å². The van der Waals surface area contributed by atoms with E-state index in [0.717, 1.165) is 18.6 Å². The maximum absolute atomic E-state index is 6.01. The lowest BCUT2D eigenvalue weighted by Gasteiger charge is -2.19. The van der Waals surface area contributed by atoms with E-state index in [9.17, 15) is 0 Å². The lowest BCUT2D eigenvalue weighted by molar-refractivity contribution is 0.408. The van der Waals surface area contributed by atoms with Crippen LogP contribution in [-0.4, -0.2) is 12.6 Å². The molecule has 0 aliphatic heterocycles. The van der Waals surface area contributed by atoms with Gasteiger partial charge in [-0.25, -0.2) is 0 Å². The van der Waals surface area contributed by atoms with E-state index in [4.69, 9.17) is 10.5 Å². The van der Waals surface area contributed by atoms with Crippen molar-refractivity contribution in [2.45, 2.75) is 65.8 Å². The summed E-state index contributed by atoms with van der Waals surface area (Å²) in [5.41, 5.74) is 11.3. The number of hydrogen-bond donors (Lipinski definition) is 1. The number of hydrogen-bond acceptors (Lipinski definition) is 2. The maximum atomic E-state index is 6.01. The first kappa shape index (κ1) is 16.0. The van der Waals surface area contributed by atoms with Crippen molar-refractivity contribution in [3.05, 3.63) is 28.3 Å². The molecule has 0 heterocycles. The van der Waals surface area contributed by atoms with Crippen molar-refractivity contribution in [3.8, 4) is 5.75 Å². The van der Waals surface area contributed by atoms with Crippen LogP contribution >= 0.6 is 0 Å². The van der Waals surface area contributed by atoms with Crippen LogP contribution < -0.4 is 10.5 Å². The van der Waals surface area contributed by atoms with Crippen LogP contribution in [0, 0.1) is 20.8 Å². The molecular formula is C17H29NO. The minimum atomic E-state index is -0.0409. The molecule has 2 nitrogen and oxygen atoms in total. The van der Waals surface area contributed by atoms with Gasteiger partial charge in [-0.2, -0.15) is 0 Å². The van der Waals surface area contributed by atoms with Gasteiger partial charge >= 0.3 is 0 Å². The van der Waals surface area contributed by atoms with Crippen molar-refractivity contribution in [2.75, 3.05) is 7.11 Å². The van der Waals surface area contributed by atoms with E-state index in [2.05, 4.69) is 40.7 Å². The van der Waals surface area contributed by atoms with Crippen LogP contribution in [0.5, 0.6) is 5.75 Å². The minimum absolute atomic E-state index is 0.0409. The molecule has 0 atom stereocenters. The molecule has 1 aromatic rings. The van der Waals surface area contributed by atoms with E-state index >= 15 is 0 Å². The van der Waals surface area contributed by atoms with E-state index in [1.54, 1.807) is 7.11 Å². The first-order valence-electron chi connectivity index (χ1n) is 7.19. The Morgan fingerprint density at radius 1 is 1.11 bits per heavy atom. The first-order chi connectivity index (χ1) is 8.76. The molecule has 0 unspecified atom stereocenters. The van der Waals surface area contributed by atoms with E-state index in [1.165, 1.54) is 35.1 Å². The topological polar surface area (TPSA) is 35.2 Å². The summed E-state index contributed by atoms with van der Waals surface area (Å²) >= 11 is 0. The Morgan fingerprint density at radius 3 is 2.26 bits per heavy atom. The summed E-state index contributed by atoms with van der Waals surface area (Å²) in [4.78, 5) is 0. The van der Waals surface area contributed by atoms with Gasteiger partial charge in [0.2, 0.25) is 0 Å². The summed E-state index contributed by atoms with van der Waals surface area (Å²) in [5, 5.41) is 0. The zero-order valence-corrected chi connectivity index (χ0v) is 13.4. The number of ether oxygens (including phenoxy) is 1. The van der Waals surface area contributed by atoms with Gasteiger partial charge in [0.05, 0.1) is 7.11 Å². The zero-order valence-electron chi connectivity index (χ0n) is 13.4. The molecule has 1 aromatic carbocycles. The fourth-order valence-corrected chi connectivity index (χ4v) is 2.61. The van der Waals surface area contributed by atoms with E-state index in [-0.39, 0.29) is 5.54 Å². The normalized spacial score (nSPS) is 11.7. The first-order valence-corrected chi connectivity index (χ1v) is 7.19. The second-order valence-corrected chi connectivity index (χ2v) is 6.33. The lowest BCUT2D eigenvalue weighted by atomic mass is 9.93. The number of nitrogens with two attached hydrogens (primary N) is 1. The molecule has 0 saturated heterocycles. The summed E-state index contributed by atoms with van der Waals surface area (Å²) in [5.74, 6) is 1.03. The van der Waals surface area contributed by atoms with Crippen molar-refractivity contribution < 1.29 is 4.74 Å². The Bertz CT molecular complexity index is 430. The van der Waals surface area contributed by atoms with Crippen LogP contribution in [0.1, 0.15) is 55.4 Å². The average molecular weight is 263 g/mol. The predicted octanol–water partition coefficient (Wildman–Crippen LogP) is 4.07. The molecule has 0 aliphatic carbocycles. The zero-order chi connectivity index (χ0) is 14.6. The third kappa shape index (κ3) is 4.54. The maximum Gasteiger partial charge on any atom is 0.124 e. The number of aryl methyl sites for hydroxylation is 2. The molecule has 0 spiro atoms. The van der Waals surface area contributed by atoms with Gasteiger partial charge < -0.3 is 10.5 Å². The van der Waals surface area contributed by atoms with Gasteiger partial charge in [-0.1, -0.05) is 12.5 Å². The summed E-state index contributed by atoms with van der Waals surface area (Å²) in [7, 11) is 1.75. The van der Waals surface area contributed by atoms with Crippen LogP contribution in [-0.2, 0) is 6.42 Å². The Kier molecular flexibility index (Phi) is 5.42. The van der Waals surface area contributed by atoms with E-state index < -0.39 is 0 Å². The van der Waals surface area contributed by atoms with Crippen molar-refractivity contribution in [1.29, 1.82) is 0 Å². The van der Waals surface area contributed by atoms with Gasteiger partial charge in [-0.3, -0.25) is 0 Å². The molecule has 0 aromatic heterocycles. The van der Waals surface area contributed by atoms with Crippen molar-refractivity contribution in [1.82, 2.24) is 0 Å². The van der Waals surface area contributed by atoms with Crippen molar-refractivity contribution >= 4 is 0 Å². The highest BCUT2D eigenvalue weighted by Gasteiger charge is 2.12. The standard InChI is InChI=1S/C17H29NO/c1-12-11-15(9-7-8-10-17(4,5)18)13(2)14(3)16(12)19-6/h11H,7-10,18H2,1-6H3. The molecule has 2 heteroatoms. The second-order valence-electron chi connectivity index (χ2n) is 6.33. The molecule has 0 saturated carbocycles. The van der Waals surface area contributed by atoms with Crippen molar-refractivity contribution in [3.63, 3.8) is 0 Å². The Hall–Kier alpha value is -1.02. The monoisotopic (exact) mass is 263 g/mol. The number of methoxy groups -OCH3 is 1. The Morgan fingerprint density at radius 2 is 1.74 bits per heavy atom. The molecule has 0 radical (unpaired) electrons. The van der Waals surface area contributed by atoms with Crippen LogP contribution in [0.2, 0.25) is 0 Å². The van der Waals surface area contributed by atoms with E-state index in [0.29, 0.717) is 0 Å². The molecule has 1 rings (SSSR count). The van der Waals surface area contributed by atoms with Crippen LogP contribution in [0.15, 0.2) is 6.07 Å². The molecule has 2 N–H and O–H groups in total. The Balaban J connectivity index is 2.70. The summed E-state index contributed by atoms with van der Waals surface area (Å²) < 4.78 is 5.47. The molecule has 0 aliphatic rings. The summed E-state index contributed by atoms with van der Waals surface area (Å²) in [6, 6.07) is 2.27. The highest BCUT2D eigenvalue weighted by atomic mass is 16.5. The van der Waals surface area contributed by atoms with Crippen LogP contribution in [0.25, 0.3) is 0 Å². The largest absolute Gasteiger partial charge is 0.496 e. The fraction of sp³-hybridized carbons (Fsp3) is 0.647. The number of unbranched alkanes of at least 4 members (excludes halogenated alkanes) is 1. The van der Waals surface area contributed by atoms with Gasteiger partial charge in [0, 0.05) is 5.54 Å². The SMILES string of the molecule is COc1c(C)cc(CCCCC(C)(C)N)c(C)c1C. The Labute approximate surface area is 118 Å². The van der Waals surface area contributed by atoms with Crippen LogP contribution in [0.3, 0.4) is 0 Å². The molecule has 0 amide bonds. The molecule has 19 heavy (non-hydrogen) atoms. The minimum Gasteiger partial charge on any atom is -0.496 e. The third-order valence-corrected chi connectivity index (χ3v) is 3.86.